The van der Waals surface area contributed by atoms with Crippen molar-refractivity contribution in [3.63, 3.8) is 0 Å². The average molecular weight is 208 g/mol. The van der Waals surface area contributed by atoms with Gasteiger partial charge in [-0.15, -0.1) is 0 Å². The summed E-state index contributed by atoms with van der Waals surface area (Å²) in [5.74, 6) is -0.269. The molecular weight excluding hydrogens is 192 g/mol. The Labute approximate surface area is 88.7 Å². The smallest absolute Gasteiger partial charge is 0.219 e. The van der Waals surface area contributed by atoms with Crippen LogP contribution < -0.4 is 11.1 Å². The first-order valence-electron chi connectivity index (χ1n) is 5.29. The zero-order valence-electron chi connectivity index (χ0n) is 8.65. The highest BCUT2D eigenvalue weighted by Gasteiger charge is 2.19. The summed E-state index contributed by atoms with van der Waals surface area (Å²) in [5.41, 5.74) is 6.29. The van der Waals surface area contributed by atoms with Crippen molar-refractivity contribution in [2.24, 2.45) is 5.73 Å². The summed E-state index contributed by atoms with van der Waals surface area (Å²) in [7, 11) is 0. The van der Waals surface area contributed by atoms with E-state index in [-0.39, 0.29) is 5.91 Å². The minimum Gasteiger partial charge on any atom is -0.370 e. The van der Waals surface area contributed by atoms with Gasteiger partial charge in [0.1, 0.15) is 0 Å². The van der Waals surface area contributed by atoms with Crippen molar-refractivity contribution in [1.82, 2.24) is 14.9 Å². The summed E-state index contributed by atoms with van der Waals surface area (Å²) >= 11 is 0. The fourth-order valence-corrected chi connectivity index (χ4v) is 1.98. The lowest BCUT2D eigenvalue weighted by Gasteiger charge is -2.12. The number of aryl methyl sites for hydroxylation is 1. The van der Waals surface area contributed by atoms with E-state index in [4.69, 9.17) is 5.73 Å². The van der Waals surface area contributed by atoms with Crippen molar-refractivity contribution in [3.05, 3.63) is 18.2 Å². The third kappa shape index (κ3) is 2.36. The number of carbonyl (C=O) groups excluding carboxylic acids is 1. The topological polar surface area (TPSA) is 72.9 Å². The number of hydrogen-bond donors (Lipinski definition) is 2. The summed E-state index contributed by atoms with van der Waals surface area (Å²) in [6, 6.07) is 0.389. The highest BCUT2D eigenvalue weighted by molar-refractivity contribution is 5.73. The molecule has 1 amide bonds. The monoisotopic (exact) mass is 208 g/mol. The van der Waals surface area contributed by atoms with Crippen LogP contribution in [0, 0.1) is 0 Å². The van der Waals surface area contributed by atoms with Crippen molar-refractivity contribution in [2.75, 3.05) is 6.54 Å². The molecule has 1 atom stereocenters. The van der Waals surface area contributed by atoms with Gasteiger partial charge in [0.25, 0.3) is 0 Å². The Bertz CT molecular complexity index is 341. The molecule has 1 aromatic rings. The molecular formula is C10H16N4O. The van der Waals surface area contributed by atoms with Crippen LogP contribution in [0.2, 0.25) is 0 Å². The summed E-state index contributed by atoms with van der Waals surface area (Å²) in [6.07, 6.45) is 6.34. The van der Waals surface area contributed by atoms with E-state index in [9.17, 15) is 4.79 Å². The Hall–Kier alpha value is -1.36. The summed E-state index contributed by atoms with van der Waals surface area (Å²) in [6.45, 7) is 1.69. The highest BCUT2D eigenvalue weighted by Crippen LogP contribution is 2.22. The maximum Gasteiger partial charge on any atom is 0.219 e. The molecule has 82 valence electrons. The zero-order chi connectivity index (χ0) is 10.7. The maximum absolute atomic E-state index is 10.7. The number of nitrogens with one attached hydrogen (secondary N) is 1. The lowest BCUT2D eigenvalue weighted by Crippen LogP contribution is -2.19. The van der Waals surface area contributed by atoms with E-state index >= 15 is 0 Å². The number of carbonyl (C=O) groups is 1. The molecule has 5 heteroatoms. The Morgan fingerprint density at radius 2 is 2.60 bits per heavy atom. The van der Waals surface area contributed by atoms with E-state index in [1.54, 1.807) is 6.33 Å². The van der Waals surface area contributed by atoms with Crippen molar-refractivity contribution >= 4 is 5.91 Å². The predicted octanol–water partition coefficient (Wildman–Crippen LogP) is 0.183. The van der Waals surface area contributed by atoms with Crippen LogP contribution in [0.4, 0.5) is 0 Å². The number of nitrogens with zero attached hydrogens (tertiary/aromatic N) is 2. The first kappa shape index (κ1) is 10.2. The second-order valence-electron chi connectivity index (χ2n) is 3.88. The van der Waals surface area contributed by atoms with Gasteiger partial charge in [-0.1, -0.05) is 0 Å². The molecule has 0 bridgehead atoms. The van der Waals surface area contributed by atoms with E-state index in [2.05, 4.69) is 10.3 Å². The number of nitrogens with two attached hydrogens (primary N) is 1. The number of imidazole rings is 1. The lowest BCUT2D eigenvalue weighted by molar-refractivity contribution is -0.118. The van der Waals surface area contributed by atoms with Gasteiger partial charge in [-0.25, -0.2) is 4.98 Å². The van der Waals surface area contributed by atoms with E-state index in [0.29, 0.717) is 19.0 Å². The van der Waals surface area contributed by atoms with E-state index in [1.165, 1.54) is 6.42 Å². The molecule has 0 spiro atoms. The fraction of sp³-hybridized carbons (Fsp3) is 0.600. The van der Waals surface area contributed by atoms with E-state index in [1.807, 2.05) is 10.8 Å². The van der Waals surface area contributed by atoms with Gasteiger partial charge in [-0.3, -0.25) is 4.79 Å². The van der Waals surface area contributed by atoms with Crippen LogP contribution in [0.15, 0.2) is 12.5 Å². The van der Waals surface area contributed by atoms with Crippen LogP contribution in [-0.2, 0) is 11.3 Å². The first-order valence-corrected chi connectivity index (χ1v) is 5.29. The third-order valence-electron chi connectivity index (χ3n) is 2.76. The van der Waals surface area contributed by atoms with E-state index in [0.717, 1.165) is 18.7 Å². The summed E-state index contributed by atoms with van der Waals surface area (Å²) in [4.78, 5) is 14.8. The average Bonchev–Trinajstić information content (AvgIpc) is 2.85. The van der Waals surface area contributed by atoms with Gasteiger partial charge < -0.3 is 15.6 Å². The fourth-order valence-electron chi connectivity index (χ4n) is 1.98. The molecule has 2 rings (SSSR count). The predicted molar refractivity (Wildman–Crippen MR) is 56.0 cm³/mol. The molecule has 3 N–H and O–H groups in total. The van der Waals surface area contributed by atoms with Gasteiger partial charge in [0.15, 0.2) is 0 Å². The lowest BCUT2D eigenvalue weighted by atomic mass is 10.2. The Morgan fingerprint density at radius 1 is 1.73 bits per heavy atom. The van der Waals surface area contributed by atoms with Crippen LogP contribution in [0.3, 0.4) is 0 Å². The molecule has 0 aliphatic carbocycles. The largest absolute Gasteiger partial charge is 0.370 e. The second kappa shape index (κ2) is 4.44. The van der Waals surface area contributed by atoms with Crippen molar-refractivity contribution < 1.29 is 4.79 Å². The number of primary amides is 1. The summed E-state index contributed by atoms with van der Waals surface area (Å²) < 4.78 is 2.01. The molecule has 1 saturated heterocycles. The molecule has 15 heavy (non-hydrogen) atoms. The molecule has 1 fully saturated rings. The van der Waals surface area contributed by atoms with Crippen LogP contribution in [0.1, 0.15) is 31.0 Å². The van der Waals surface area contributed by atoms with E-state index < -0.39 is 0 Å². The van der Waals surface area contributed by atoms with Gasteiger partial charge in [0, 0.05) is 25.2 Å². The van der Waals surface area contributed by atoms with Gasteiger partial charge in [-0.2, -0.15) is 0 Å². The highest BCUT2D eigenvalue weighted by atomic mass is 16.1. The quantitative estimate of drug-likeness (QED) is 0.741. The number of rotatable bonds is 4. The number of hydrogen-bond acceptors (Lipinski definition) is 3. The Morgan fingerprint density at radius 3 is 3.27 bits per heavy atom. The molecule has 1 aromatic heterocycles. The van der Waals surface area contributed by atoms with Crippen LogP contribution in [-0.4, -0.2) is 22.0 Å². The molecule has 0 saturated carbocycles. The van der Waals surface area contributed by atoms with Crippen LogP contribution in [0.5, 0.6) is 0 Å². The SMILES string of the molecule is NC(=O)CCn1cncc1C1CCCN1. The zero-order valence-corrected chi connectivity index (χ0v) is 8.65. The molecule has 1 aliphatic heterocycles. The number of amides is 1. The molecule has 2 heterocycles. The second-order valence-corrected chi connectivity index (χ2v) is 3.88. The van der Waals surface area contributed by atoms with Gasteiger partial charge in [0.05, 0.1) is 12.0 Å². The Kier molecular flexibility index (Phi) is 3.01. The number of aromatic nitrogens is 2. The normalized spacial score (nSPS) is 20.7. The minimum absolute atomic E-state index is 0.269. The van der Waals surface area contributed by atoms with Crippen molar-refractivity contribution in [3.8, 4) is 0 Å². The van der Waals surface area contributed by atoms with Gasteiger partial charge >= 0.3 is 0 Å². The van der Waals surface area contributed by atoms with Gasteiger partial charge in [-0.05, 0) is 19.4 Å². The third-order valence-corrected chi connectivity index (χ3v) is 2.76. The molecule has 0 radical (unpaired) electrons. The minimum atomic E-state index is -0.269. The van der Waals surface area contributed by atoms with Crippen LogP contribution in [0.25, 0.3) is 0 Å². The van der Waals surface area contributed by atoms with Crippen LogP contribution >= 0.6 is 0 Å². The maximum atomic E-state index is 10.7. The first-order chi connectivity index (χ1) is 7.27. The Balaban J connectivity index is 2.04. The summed E-state index contributed by atoms with van der Waals surface area (Å²) in [5, 5.41) is 3.41. The molecule has 1 aliphatic rings. The van der Waals surface area contributed by atoms with Crippen molar-refractivity contribution in [2.45, 2.75) is 31.8 Å². The van der Waals surface area contributed by atoms with Crippen molar-refractivity contribution in [1.29, 1.82) is 0 Å². The van der Waals surface area contributed by atoms with Gasteiger partial charge in [0.2, 0.25) is 5.91 Å². The standard InChI is InChI=1S/C10H16N4O/c11-10(15)3-5-14-7-12-6-9(14)8-2-1-4-13-8/h6-8,13H,1-5H2,(H2,11,15). The molecule has 0 aromatic carbocycles. The molecule has 5 nitrogen and oxygen atoms in total. The molecule has 1 unspecified atom stereocenters.